The highest BCUT2D eigenvalue weighted by Crippen LogP contribution is 2.63. The molecular formula is C26H14N6O2S4. The Kier molecular flexibility index (Phi) is 5.26. The van der Waals surface area contributed by atoms with E-state index >= 15 is 0 Å². The van der Waals surface area contributed by atoms with Crippen molar-refractivity contribution in [3.8, 4) is 55.3 Å². The highest BCUT2D eigenvalue weighted by atomic mass is 32.1. The van der Waals surface area contributed by atoms with Gasteiger partial charge in [-0.1, -0.05) is 0 Å². The summed E-state index contributed by atoms with van der Waals surface area (Å²) in [4.78, 5) is 12.4. The van der Waals surface area contributed by atoms with Crippen molar-refractivity contribution in [1.29, 1.82) is 21.0 Å². The summed E-state index contributed by atoms with van der Waals surface area (Å²) >= 11 is 6.17. The summed E-state index contributed by atoms with van der Waals surface area (Å²) in [6.45, 7) is 8.14. The third-order valence-electron chi connectivity index (χ3n) is 6.11. The van der Waals surface area contributed by atoms with E-state index in [2.05, 4.69) is 9.98 Å². The zero-order valence-electron chi connectivity index (χ0n) is 20.3. The van der Waals surface area contributed by atoms with E-state index in [-0.39, 0.29) is 11.4 Å². The van der Waals surface area contributed by atoms with Gasteiger partial charge in [0.2, 0.25) is 11.4 Å². The van der Waals surface area contributed by atoms with Crippen LogP contribution in [0.4, 0.5) is 10.0 Å². The highest BCUT2D eigenvalue weighted by Gasteiger charge is 2.44. The molecular weight excluding hydrogens is 557 g/mol. The van der Waals surface area contributed by atoms with Crippen LogP contribution >= 0.6 is 45.3 Å². The molecule has 0 saturated carbocycles. The van der Waals surface area contributed by atoms with Crippen molar-refractivity contribution in [3.63, 3.8) is 0 Å². The van der Waals surface area contributed by atoms with Crippen molar-refractivity contribution < 1.29 is 9.47 Å². The molecule has 0 spiro atoms. The predicted octanol–water partition coefficient (Wildman–Crippen LogP) is 7.91. The first kappa shape index (κ1) is 24.3. The van der Waals surface area contributed by atoms with Gasteiger partial charge in [0.15, 0.2) is 0 Å². The van der Waals surface area contributed by atoms with Crippen LogP contribution < -0.4 is 9.47 Å². The summed E-state index contributed by atoms with van der Waals surface area (Å²) < 4.78 is 15.1. The van der Waals surface area contributed by atoms with E-state index in [1.54, 1.807) is 34.8 Å². The third-order valence-corrected chi connectivity index (χ3v) is 11.0. The number of nitriles is 4. The number of ether oxygens (including phenoxy) is 2. The molecule has 12 heteroatoms. The van der Waals surface area contributed by atoms with Crippen LogP contribution in [0.1, 0.15) is 38.8 Å². The van der Waals surface area contributed by atoms with Gasteiger partial charge in [-0.25, -0.2) is 9.98 Å². The lowest BCUT2D eigenvalue weighted by atomic mass is 9.92. The fraction of sp³-hybridized carbons (Fsp3) is 0.231. The maximum atomic E-state index is 9.13. The molecule has 4 aromatic heterocycles. The number of fused-ring (bicyclic) bond motifs is 9. The zero-order valence-corrected chi connectivity index (χ0v) is 23.6. The van der Waals surface area contributed by atoms with Crippen molar-refractivity contribution in [1.82, 2.24) is 0 Å². The molecule has 0 saturated heterocycles. The summed E-state index contributed by atoms with van der Waals surface area (Å²) in [5, 5.41) is 37.6. The molecule has 6 heterocycles. The van der Waals surface area contributed by atoms with E-state index < -0.39 is 11.2 Å². The molecule has 38 heavy (non-hydrogen) atoms. The van der Waals surface area contributed by atoms with Crippen LogP contribution in [0.2, 0.25) is 0 Å². The van der Waals surface area contributed by atoms with Crippen LogP contribution in [0.5, 0.6) is 11.5 Å². The van der Waals surface area contributed by atoms with Crippen LogP contribution in [-0.4, -0.2) is 11.4 Å². The Bertz CT molecular complexity index is 1760. The summed E-state index contributed by atoms with van der Waals surface area (Å²) in [7, 11) is 0. The molecule has 0 fully saturated rings. The molecule has 0 bridgehead atoms. The maximum absolute atomic E-state index is 9.13. The van der Waals surface area contributed by atoms with Gasteiger partial charge in [-0.2, -0.15) is 21.0 Å². The number of hydrogen-bond donors (Lipinski definition) is 0. The number of nitrogens with zero attached hydrogens (tertiary/aromatic N) is 6. The second-order valence-corrected chi connectivity index (χ2v) is 13.5. The zero-order chi connectivity index (χ0) is 27.0. The second-order valence-electron chi connectivity index (χ2n) is 9.42. The van der Waals surface area contributed by atoms with Gasteiger partial charge in [0.1, 0.15) is 57.0 Å². The van der Waals surface area contributed by atoms with E-state index in [9.17, 15) is 0 Å². The second kappa shape index (κ2) is 8.23. The minimum atomic E-state index is -0.628. The van der Waals surface area contributed by atoms with Crippen LogP contribution in [0.3, 0.4) is 0 Å². The molecule has 0 aliphatic carbocycles. The van der Waals surface area contributed by atoms with E-state index in [1.807, 2.05) is 52.0 Å². The van der Waals surface area contributed by atoms with Crippen LogP contribution in [0.25, 0.3) is 28.9 Å². The minimum absolute atomic E-state index is 0.199. The highest BCUT2D eigenvalue weighted by molar-refractivity contribution is 7.34. The first-order valence-corrected chi connectivity index (χ1v) is 14.4. The fourth-order valence-corrected chi connectivity index (χ4v) is 10.4. The van der Waals surface area contributed by atoms with Crippen LogP contribution in [-0.2, 0) is 11.2 Å². The topological polar surface area (TPSA) is 138 Å². The number of thiophene rings is 4. The predicted molar refractivity (Wildman–Crippen MR) is 150 cm³/mol. The van der Waals surface area contributed by atoms with E-state index in [0.29, 0.717) is 21.5 Å². The molecule has 6 rings (SSSR count). The molecule has 4 aromatic rings. The first-order chi connectivity index (χ1) is 18.1. The Morgan fingerprint density at radius 3 is 1.34 bits per heavy atom. The minimum Gasteiger partial charge on any atom is -0.481 e. The van der Waals surface area contributed by atoms with E-state index in [4.69, 9.17) is 30.5 Å². The Hall–Kier alpha value is -4.04. The van der Waals surface area contributed by atoms with Crippen molar-refractivity contribution >= 4 is 76.2 Å². The Morgan fingerprint density at radius 2 is 1.00 bits per heavy atom. The monoisotopic (exact) mass is 570 g/mol. The van der Waals surface area contributed by atoms with Gasteiger partial charge in [0, 0.05) is 23.3 Å². The lowest BCUT2D eigenvalue weighted by Gasteiger charge is -2.31. The maximum Gasteiger partial charge on any atom is 0.219 e. The van der Waals surface area contributed by atoms with Crippen molar-refractivity contribution in [2.24, 2.45) is 9.98 Å². The lowest BCUT2D eigenvalue weighted by molar-refractivity contribution is 0.108. The van der Waals surface area contributed by atoms with Crippen molar-refractivity contribution in [3.05, 3.63) is 23.3 Å². The molecule has 0 unspecified atom stereocenters. The average molecular weight is 571 g/mol. The quantitative estimate of drug-likeness (QED) is 0.224. The smallest absolute Gasteiger partial charge is 0.219 e. The standard InChI is InChI=1S/C26H14N6O2S4/c1-25(2)17-21(19-13(33-25)5-15(35-19)31-11(7-27)8-28)37-24-18-22(38-23(17)24)20-14(34-26(18,3)4)6-16(36-20)32-12(9-29)10-30/h5-6H,1-4H3. The summed E-state index contributed by atoms with van der Waals surface area (Å²) in [6.07, 6.45) is 0. The van der Waals surface area contributed by atoms with Gasteiger partial charge in [0.05, 0.1) is 28.9 Å². The molecule has 0 aromatic carbocycles. The number of hydrogen-bond acceptors (Lipinski definition) is 12. The van der Waals surface area contributed by atoms with Crippen LogP contribution in [0.15, 0.2) is 22.1 Å². The third kappa shape index (κ3) is 3.47. The molecule has 2 aliphatic rings. The van der Waals surface area contributed by atoms with E-state index in [0.717, 1.165) is 40.0 Å². The molecule has 2 aliphatic heterocycles. The Balaban J connectivity index is 1.57. The molecule has 0 atom stereocenters. The van der Waals surface area contributed by atoms with Gasteiger partial charge in [-0.05, 0) is 27.7 Å². The lowest BCUT2D eigenvalue weighted by Crippen LogP contribution is -2.27. The number of aliphatic imine (C=N–C) groups is 2. The van der Waals surface area contributed by atoms with E-state index in [1.165, 1.54) is 22.7 Å². The summed E-state index contributed by atoms with van der Waals surface area (Å²) in [6, 6.07) is 10.8. The normalized spacial score (nSPS) is 15.1. The Labute approximate surface area is 233 Å². The van der Waals surface area contributed by atoms with Crippen molar-refractivity contribution in [2.75, 3.05) is 0 Å². The fourth-order valence-electron chi connectivity index (χ4n) is 4.67. The van der Waals surface area contributed by atoms with Gasteiger partial charge in [-0.3, -0.25) is 0 Å². The summed E-state index contributed by atoms with van der Waals surface area (Å²) in [5.74, 6) is 1.38. The molecule has 0 radical (unpaired) electrons. The number of rotatable bonds is 2. The summed E-state index contributed by atoms with van der Waals surface area (Å²) in [5.41, 5.74) is 0.523. The molecule has 0 amide bonds. The average Bonchev–Trinajstić information content (AvgIpc) is 3.60. The van der Waals surface area contributed by atoms with Gasteiger partial charge < -0.3 is 9.47 Å². The SMILES string of the molecule is CC1(C)Oc2cc(N=C(C#N)C#N)sc2-c2sc3c4c(sc3c21)-c1sc(N=C(C#N)C#N)cc1OC4(C)C. The first-order valence-electron chi connectivity index (χ1n) is 11.1. The largest absolute Gasteiger partial charge is 0.481 e. The molecule has 0 N–H and O–H groups in total. The Morgan fingerprint density at radius 1 is 0.632 bits per heavy atom. The van der Waals surface area contributed by atoms with Gasteiger partial charge >= 0.3 is 0 Å². The van der Waals surface area contributed by atoms with Crippen molar-refractivity contribution in [2.45, 2.75) is 38.9 Å². The van der Waals surface area contributed by atoms with Gasteiger partial charge in [0.25, 0.3) is 0 Å². The van der Waals surface area contributed by atoms with Gasteiger partial charge in [-0.15, -0.1) is 45.3 Å². The van der Waals surface area contributed by atoms with Crippen LogP contribution in [0, 0.1) is 45.3 Å². The molecule has 184 valence electrons. The molecule has 8 nitrogen and oxygen atoms in total.